The van der Waals surface area contributed by atoms with Gasteiger partial charge in [0.2, 0.25) is 5.79 Å². The van der Waals surface area contributed by atoms with E-state index in [0.717, 1.165) is 5.56 Å². The van der Waals surface area contributed by atoms with Crippen LogP contribution in [0.5, 0.6) is 0 Å². The lowest BCUT2D eigenvalue weighted by atomic mass is 9.86. The predicted octanol–water partition coefficient (Wildman–Crippen LogP) is 1.06. The van der Waals surface area contributed by atoms with E-state index in [-0.39, 0.29) is 0 Å². The van der Waals surface area contributed by atoms with Crippen molar-refractivity contribution >= 4 is 22.9 Å². The Morgan fingerprint density at radius 2 is 1.93 bits per heavy atom. The van der Waals surface area contributed by atoms with Crippen molar-refractivity contribution in [3.8, 4) is 0 Å². The first kappa shape index (κ1) is 21.6. The van der Waals surface area contributed by atoms with Crippen LogP contribution >= 0.6 is 22.9 Å². The number of thiophene rings is 1. The molecule has 5 N–H and O–H groups in total. The first-order chi connectivity index (χ1) is 13.2. The molecule has 1 aromatic heterocycles. The second kappa shape index (κ2) is 8.35. The van der Waals surface area contributed by atoms with Crippen molar-refractivity contribution in [3.63, 3.8) is 0 Å². The zero-order valence-corrected chi connectivity index (χ0v) is 16.9. The number of hydrogen-bond acceptors (Lipinski definition) is 8. The van der Waals surface area contributed by atoms with Crippen molar-refractivity contribution < 1.29 is 35.0 Å². The number of benzene rings is 1. The van der Waals surface area contributed by atoms with Crippen molar-refractivity contribution in [3.05, 3.63) is 56.2 Å². The number of rotatable bonds is 5. The third-order valence-corrected chi connectivity index (χ3v) is 6.38. The Bertz CT molecular complexity index is 826. The zero-order chi connectivity index (χ0) is 20.6. The molecule has 0 radical (unpaired) electrons. The van der Waals surface area contributed by atoms with Gasteiger partial charge in [-0.3, -0.25) is 0 Å². The summed E-state index contributed by atoms with van der Waals surface area (Å²) in [6.45, 7) is 1.25. The van der Waals surface area contributed by atoms with Crippen LogP contribution in [0.2, 0.25) is 4.34 Å². The normalized spacial score (nSPS) is 31.7. The van der Waals surface area contributed by atoms with Crippen LogP contribution in [-0.4, -0.2) is 63.7 Å². The molecule has 2 heterocycles. The van der Waals surface area contributed by atoms with Crippen LogP contribution in [0.15, 0.2) is 30.3 Å². The minimum Gasteiger partial charge on any atom is -0.394 e. The standard InChI is InChI=1S/C19H23ClO7S/c1-9-3-4-10(7-11(9)15(22)13-5-6-14(20)28-13)19(26-2)18(25)17(24)16(23)12(8-21)27-19/h3-7,12,15-18,21-25H,8H2,1-2H3/t12?,15?,16-,17?,18-,19?/m1/s1. The molecule has 1 saturated heterocycles. The maximum Gasteiger partial charge on any atom is 0.224 e. The summed E-state index contributed by atoms with van der Waals surface area (Å²) in [7, 11) is 1.29. The van der Waals surface area contributed by atoms with Gasteiger partial charge in [-0.1, -0.05) is 23.7 Å². The van der Waals surface area contributed by atoms with Gasteiger partial charge < -0.3 is 35.0 Å². The molecule has 7 nitrogen and oxygen atoms in total. The van der Waals surface area contributed by atoms with Gasteiger partial charge in [-0.05, 0) is 36.2 Å². The Morgan fingerprint density at radius 3 is 2.50 bits per heavy atom. The van der Waals surface area contributed by atoms with Crippen molar-refractivity contribution in [1.29, 1.82) is 0 Å². The molecule has 2 aromatic rings. The zero-order valence-electron chi connectivity index (χ0n) is 15.3. The topological polar surface area (TPSA) is 120 Å². The largest absolute Gasteiger partial charge is 0.394 e. The van der Waals surface area contributed by atoms with E-state index in [1.165, 1.54) is 18.4 Å². The van der Waals surface area contributed by atoms with Crippen LogP contribution in [0.25, 0.3) is 0 Å². The van der Waals surface area contributed by atoms with Gasteiger partial charge >= 0.3 is 0 Å². The van der Waals surface area contributed by atoms with Crippen molar-refractivity contribution in [2.45, 2.75) is 43.2 Å². The Labute approximate surface area is 171 Å². The molecule has 0 spiro atoms. The number of halogens is 1. The summed E-state index contributed by atoms with van der Waals surface area (Å²) in [5, 5.41) is 51.2. The van der Waals surface area contributed by atoms with Gasteiger partial charge in [0.1, 0.15) is 30.5 Å². The second-order valence-electron chi connectivity index (χ2n) is 6.75. The Kier molecular flexibility index (Phi) is 6.45. The highest BCUT2D eigenvalue weighted by Gasteiger charge is 2.55. The van der Waals surface area contributed by atoms with Gasteiger partial charge in [0.05, 0.1) is 10.9 Å². The number of aliphatic hydroxyl groups is 5. The summed E-state index contributed by atoms with van der Waals surface area (Å²) in [6, 6.07) is 8.39. The van der Waals surface area contributed by atoms with Gasteiger partial charge in [-0.25, -0.2) is 0 Å². The van der Waals surface area contributed by atoms with E-state index in [4.69, 9.17) is 21.1 Å². The fraction of sp³-hybridized carbons (Fsp3) is 0.474. The molecule has 154 valence electrons. The van der Waals surface area contributed by atoms with E-state index < -0.39 is 42.9 Å². The fourth-order valence-corrected chi connectivity index (χ4v) is 4.51. The summed E-state index contributed by atoms with van der Waals surface area (Å²) in [6.07, 6.45) is -6.83. The third kappa shape index (κ3) is 3.60. The smallest absolute Gasteiger partial charge is 0.224 e. The van der Waals surface area contributed by atoms with E-state index in [9.17, 15) is 25.5 Å². The Morgan fingerprint density at radius 1 is 1.21 bits per heavy atom. The van der Waals surface area contributed by atoms with Gasteiger partial charge in [0.25, 0.3) is 0 Å². The quantitative estimate of drug-likeness (QED) is 0.481. The maximum absolute atomic E-state index is 10.8. The van der Waals surface area contributed by atoms with Crippen LogP contribution in [0.1, 0.15) is 27.7 Å². The van der Waals surface area contributed by atoms with Crippen molar-refractivity contribution in [2.24, 2.45) is 0 Å². The van der Waals surface area contributed by atoms with Crippen molar-refractivity contribution in [1.82, 2.24) is 0 Å². The highest BCUT2D eigenvalue weighted by Crippen LogP contribution is 2.41. The number of hydrogen-bond donors (Lipinski definition) is 5. The SMILES string of the molecule is COC1(c2ccc(C)c(C(O)c3ccc(Cl)s3)c2)OC(CO)[C@@H](O)C(O)[C@H]1O. The number of methoxy groups -OCH3 is 1. The average Bonchev–Trinajstić information content (AvgIpc) is 3.13. The van der Waals surface area contributed by atoms with Crippen LogP contribution in [0.4, 0.5) is 0 Å². The summed E-state index contributed by atoms with van der Waals surface area (Å²) >= 11 is 7.22. The molecule has 0 aliphatic carbocycles. The highest BCUT2D eigenvalue weighted by molar-refractivity contribution is 7.16. The third-order valence-electron chi connectivity index (χ3n) is 5.09. The Balaban J connectivity index is 2.06. The summed E-state index contributed by atoms with van der Waals surface area (Å²) in [5.74, 6) is -1.83. The first-order valence-electron chi connectivity index (χ1n) is 8.67. The molecular formula is C19H23ClO7S. The lowest BCUT2D eigenvalue weighted by Gasteiger charge is -2.47. The molecular weight excluding hydrogens is 408 g/mol. The fourth-order valence-electron chi connectivity index (χ4n) is 3.45. The number of aryl methyl sites for hydroxylation is 1. The molecule has 3 rings (SSSR count). The molecule has 4 unspecified atom stereocenters. The number of ether oxygens (including phenoxy) is 2. The van der Waals surface area contributed by atoms with Crippen LogP contribution in [0, 0.1) is 6.92 Å². The second-order valence-corrected chi connectivity index (χ2v) is 8.50. The van der Waals surface area contributed by atoms with E-state index in [0.29, 0.717) is 20.3 Å². The molecule has 1 aromatic carbocycles. The minimum absolute atomic E-state index is 0.328. The molecule has 6 atom stereocenters. The minimum atomic E-state index is -1.83. The molecule has 0 bridgehead atoms. The molecule has 1 fully saturated rings. The van der Waals surface area contributed by atoms with Crippen LogP contribution in [-0.2, 0) is 15.3 Å². The summed E-state index contributed by atoms with van der Waals surface area (Å²) in [5.41, 5.74) is 1.66. The molecule has 1 aliphatic heterocycles. The van der Waals surface area contributed by atoms with Crippen LogP contribution in [0.3, 0.4) is 0 Å². The predicted molar refractivity (Wildman–Crippen MR) is 103 cm³/mol. The molecule has 9 heteroatoms. The van der Waals surface area contributed by atoms with Gasteiger partial charge in [0, 0.05) is 17.6 Å². The lowest BCUT2D eigenvalue weighted by molar-refractivity contribution is -0.366. The van der Waals surface area contributed by atoms with E-state index in [1.54, 1.807) is 30.3 Å². The van der Waals surface area contributed by atoms with Crippen molar-refractivity contribution in [2.75, 3.05) is 13.7 Å². The number of aliphatic hydroxyl groups excluding tert-OH is 5. The Hall–Kier alpha value is -1.07. The molecule has 0 saturated carbocycles. The first-order valence-corrected chi connectivity index (χ1v) is 9.87. The highest BCUT2D eigenvalue weighted by atomic mass is 35.5. The molecule has 0 amide bonds. The summed E-state index contributed by atoms with van der Waals surface area (Å²) < 4.78 is 11.7. The van der Waals surface area contributed by atoms with E-state index in [2.05, 4.69) is 0 Å². The van der Waals surface area contributed by atoms with E-state index in [1.807, 2.05) is 6.92 Å². The summed E-state index contributed by atoms with van der Waals surface area (Å²) in [4.78, 5) is 0.644. The van der Waals surface area contributed by atoms with Gasteiger partial charge in [-0.2, -0.15) is 0 Å². The average molecular weight is 431 g/mol. The molecule has 28 heavy (non-hydrogen) atoms. The van der Waals surface area contributed by atoms with Crippen LogP contribution < -0.4 is 0 Å². The maximum atomic E-state index is 10.8. The molecule has 1 aliphatic rings. The van der Waals surface area contributed by atoms with Gasteiger partial charge in [0.15, 0.2) is 0 Å². The van der Waals surface area contributed by atoms with E-state index >= 15 is 0 Å². The van der Waals surface area contributed by atoms with Gasteiger partial charge in [-0.15, -0.1) is 11.3 Å². The lowest BCUT2D eigenvalue weighted by Crippen LogP contribution is -2.64. The monoisotopic (exact) mass is 430 g/mol.